The van der Waals surface area contributed by atoms with Gasteiger partial charge in [0.1, 0.15) is 5.82 Å². The average molecular weight is 500 g/mol. The standard InChI is InChI=1S/C29H33N5OS/c1-2-7-22(8-3-1)19-34-28(31-32-29(34)36-21-25-10-6-18-35-25)23-13-16-33(17-14-23)20-24-9-4-12-27-26(24)11-5-15-30-27/h1-5,7-9,11-12,15,23,25H,6,10,13-14,16-21H2. The number of piperidine rings is 1. The molecule has 0 amide bonds. The third-order valence-corrected chi connectivity index (χ3v) is 8.53. The number of rotatable bonds is 8. The molecule has 6 rings (SSSR count). The fourth-order valence-electron chi connectivity index (χ4n) is 5.46. The SMILES string of the molecule is c1ccc(Cn2c(SCC3CCCO3)nnc2C2CCN(Cc3cccc4ncccc34)CC2)cc1. The molecule has 2 fully saturated rings. The number of nitrogens with zero attached hydrogens (tertiary/aromatic N) is 5. The Kier molecular flexibility index (Phi) is 7.30. The van der Waals surface area contributed by atoms with E-state index in [1.807, 2.05) is 12.3 Å². The van der Waals surface area contributed by atoms with Gasteiger partial charge in [-0.15, -0.1) is 10.2 Å². The fourth-order valence-corrected chi connectivity index (χ4v) is 6.47. The minimum absolute atomic E-state index is 0.341. The molecule has 0 saturated carbocycles. The summed E-state index contributed by atoms with van der Waals surface area (Å²) in [6.07, 6.45) is 6.74. The molecule has 4 heterocycles. The molecule has 1 atom stereocenters. The summed E-state index contributed by atoms with van der Waals surface area (Å²) in [5.74, 6) is 2.53. The van der Waals surface area contributed by atoms with Crippen LogP contribution in [0, 0.1) is 0 Å². The Morgan fingerprint density at radius 1 is 0.889 bits per heavy atom. The summed E-state index contributed by atoms with van der Waals surface area (Å²) in [6, 6.07) is 21.4. The van der Waals surface area contributed by atoms with E-state index in [0.29, 0.717) is 12.0 Å². The van der Waals surface area contributed by atoms with E-state index in [1.54, 1.807) is 11.8 Å². The lowest BCUT2D eigenvalue weighted by Gasteiger charge is -2.32. The molecule has 0 aliphatic carbocycles. The Morgan fingerprint density at radius 3 is 2.61 bits per heavy atom. The average Bonchev–Trinajstić information content (AvgIpc) is 3.59. The van der Waals surface area contributed by atoms with E-state index in [-0.39, 0.29) is 0 Å². The topological polar surface area (TPSA) is 56.1 Å². The quantitative estimate of drug-likeness (QED) is 0.297. The van der Waals surface area contributed by atoms with Crippen molar-refractivity contribution < 1.29 is 4.74 Å². The molecule has 7 heteroatoms. The molecule has 4 aromatic rings. The number of fused-ring (bicyclic) bond motifs is 1. The molecule has 36 heavy (non-hydrogen) atoms. The van der Waals surface area contributed by atoms with Crippen LogP contribution in [0.2, 0.25) is 0 Å². The molecule has 2 aliphatic rings. The number of hydrogen-bond donors (Lipinski definition) is 0. The highest BCUT2D eigenvalue weighted by Gasteiger charge is 2.27. The third kappa shape index (κ3) is 5.33. The zero-order valence-corrected chi connectivity index (χ0v) is 21.4. The summed E-state index contributed by atoms with van der Waals surface area (Å²) in [6.45, 7) is 4.81. The van der Waals surface area contributed by atoms with Crippen molar-refractivity contribution in [3.05, 3.63) is 83.8 Å². The summed E-state index contributed by atoms with van der Waals surface area (Å²) >= 11 is 1.80. The zero-order chi connectivity index (χ0) is 24.2. The van der Waals surface area contributed by atoms with Gasteiger partial charge in [0, 0.05) is 36.4 Å². The van der Waals surface area contributed by atoms with Gasteiger partial charge in [-0.2, -0.15) is 0 Å². The number of likely N-dealkylation sites (tertiary alicyclic amines) is 1. The van der Waals surface area contributed by atoms with E-state index >= 15 is 0 Å². The van der Waals surface area contributed by atoms with Gasteiger partial charge in [0.05, 0.1) is 18.2 Å². The highest BCUT2D eigenvalue weighted by molar-refractivity contribution is 7.99. The number of thioether (sulfide) groups is 1. The van der Waals surface area contributed by atoms with Crippen molar-refractivity contribution in [2.45, 2.75) is 56.0 Å². The van der Waals surface area contributed by atoms with Gasteiger partial charge in [-0.3, -0.25) is 9.88 Å². The van der Waals surface area contributed by atoms with Gasteiger partial charge in [0.25, 0.3) is 0 Å². The summed E-state index contributed by atoms with van der Waals surface area (Å²) in [5, 5.41) is 11.7. The molecule has 2 aliphatic heterocycles. The monoisotopic (exact) mass is 499 g/mol. The predicted octanol–water partition coefficient (Wildman–Crippen LogP) is 5.53. The van der Waals surface area contributed by atoms with Gasteiger partial charge in [0.15, 0.2) is 5.16 Å². The minimum atomic E-state index is 0.341. The van der Waals surface area contributed by atoms with Crippen LogP contribution in [0.15, 0.2) is 72.0 Å². The maximum atomic E-state index is 5.86. The van der Waals surface area contributed by atoms with E-state index in [9.17, 15) is 0 Å². The molecule has 186 valence electrons. The Labute approximate surface area is 217 Å². The van der Waals surface area contributed by atoms with Crippen LogP contribution in [0.25, 0.3) is 10.9 Å². The first-order chi connectivity index (χ1) is 17.8. The molecule has 1 unspecified atom stereocenters. The number of hydrogen-bond acceptors (Lipinski definition) is 6. The second-order valence-corrected chi connectivity index (χ2v) is 10.9. The third-order valence-electron chi connectivity index (χ3n) is 7.43. The summed E-state index contributed by atoms with van der Waals surface area (Å²) < 4.78 is 8.22. The summed E-state index contributed by atoms with van der Waals surface area (Å²) in [4.78, 5) is 7.10. The molecule has 6 nitrogen and oxygen atoms in total. The Morgan fingerprint density at radius 2 is 1.78 bits per heavy atom. The van der Waals surface area contributed by atoms with Crippen LogP contribution in [-0.2, 0) is 17.8 Å². The lowest BCUT2D eigenvalue weighted by atomic mass is 9.95. The molecule has 0 radical (unpaired) electrons. The largest absolute Gasteiger partial charge is 0.377 e. The predicted molar refractivity (Wildman–Crippen MR) is 144 cm³/mol. The lowest BCUT2D eigenvalue weighted by Crippen LogP contribution is -2.33. The van der Waals surface area contributed by atoms with Gasteiger partial charge < -0.3 is 9.30 Å². The van der Waals surface area contributed by atoms with E-state index in [4.69, 9.17) is 9.84 Å². The highest BCUT2D eigenvalue weighted by atomic mass is 32.2. The van der Waals surface area contributed by atoms with Gasteiger partial charge in [-0.05, 0) is 62.0 Å². The van der Waals surface area contributed by atoms with Crippen LogP contribution in [0.3, 0.4) is 0 Å². The molecule has 0 N–H and O–H groups in total. The number of benzene rings is 2. The zero-order valence-electron chi connectivity index (χ0n) is 20.6. The molecular weight excluding hydrogens is 466 g/mol. The van der Waals surface area contributed by atoms with Crippen molar-refractivity contribution in [3.8, 4) is 0 Å². The van der Waals surface area contributed by atoms with Crippen molar-refractivity contribution in [2.75, 3.05) is 25.4 Å². The number of ether oxygens (including phenoxy) is 1. The fraction of sp³-hybridized carbons (Fsp3) is 0.414. The Bertz CT molecular complexity index is 1270. The molecule has 0 spiro atoms. The van der Waals surface area contributed by atoms with Gasteiger partial charge in [-0.1, -0.05) is 60.3 Å². The van der Waals surface area contributed by atoms with Crippen LogP contribution in [0.5, 0.6) is 0 Å². The molecule has 2 aromatic heterocycles. The summed E-state index contributed by atoms with van der Waals surface area (Å²) in [5.41, 5.74) is 3.73. The summed E-state index contributed by atoms with van der Waals surface area (Å²) in [7, 11) is 0. The van der Waals surface area contributed by atoms with Crippen molar-refractivity contribution in [1.82, 2.24) is 24.6 Å². The van der Waals surface area contributed by atoms with Crippen molar-refractivity contribution in [1.29, 1.82) is 0 Å². The maximum absolute atomic E-state index is 5.86. The highest BCUT2D eigenvalue weighted by Crippen LogP contribution is 2.32. The van der Waals surface area contributed by atoms with E-state index in [0.717, 1.165) is 74.3 Å². The van der Waals surface area contributed by atoms with Crippen molar-refractivity contribution in [3.63, 3.8) is 0 Å². The molecule has 2 saturated heterocycles. The van der Waals surface area contributed by atoms with Crippen LogP contribution < -0.4 is 0 Å². The number of pyridine rings is 1. The first kappa shape index (κ1) is 23.6. The van der Waals surface area contributed by atoms with Gasteiger partial charge in [-0.25, -0.2) is 0 Å². The first-order valence-electron chi connectivity index (χ1n) is 13.1. The first-order valence-corrected chi connectivity index (χ1v) is 14.1. The van der Waals surface area contributed by atoms with Crippen LogP contribution in [0.4, 0.5) is 0 Å². The van der Waals surface area contributed by atoms with Crippen molar-refractivity contribution in [2.24, 2.45) is 0 Å². The maximum Gasteiger partial charge on any atom is 0.191 e. The van der Waals surface area contributed by atoms with Crippen molar-refractivity contribution >= 4 is 22.7 Å². The van der Waals surface area contributed by atoms with Gasteiger partial charge in [0.2, 0.25) is 0 Å². The molecule has 2 aromatic carbocycles. The Hall–Kier alpha value is -2.74. The van der Waals surface area contributed by atoms with Crippen LogP contribution >= 0.6 is 11.8 Å². The van der Waals surface area contributed by atoms with E-state index < -0.39 is 0 Å². The Balaban J connectivity index is 1.16. The lowest BCUT2D eigenvalue weighted by molar-refractivity contribution is 0.129. The molecular formula is C29H33N5OS. The van der Waals surface area contributed by atoms with Crippen LogP contribution in [0.1, 0.15) is 48.6 Å². The second-order valence-electron chi connectivity index (χ2n) is 9.90. The normalized spacial score (nSPS) is 19.3. The van der Waals surface area contributed by atoms with Gasteiger partial charge >= 0.3 is 0 Å². The van der Waals surface area contributed by atoms with Crippen LogP contribution in [-0.4, -0.2) is 56.2 Å². The molecule has 0 bridgehead atoms. The van der Waals surface area contributed by atoms with E-state index in [2.05, 4.69) is 74.1 Å². The van der Waals surface area contributed by atoms with E-state index in [1.165, 1.54) is 22.9 Å². The second kappa shape index (κ2) is 11.1. The minimum Gasteiger partial charge on any atom is -0.377 e. The number of aromatic nitrogens is 4. The smallest absolute Gasteiger partial charge is 0.191 e.